The van der Waals surface area contributed by atoms with Gasteiger partial charge >= 0.3 is 0 Å². The molecule has 2 fully saturated rings. The van der Waals surface area contributed by atoms with Gasteiger partial charge in [-0.15, -0.1) is 0 Å². The van der Waals surface area contributed by atoms with Crippen LogP contribution in [0.5, 0.6) is 0 Å². The van der Waals surface area contributed by atoms with Crippen LogP contribution in [0, 0.1) is 5.41 Å². The average Bonchev–Trinajstić information content (AvgIpc) is 3.25. The van der Waals surface area contributed by atoms with Crippen molar-refractivity contribution in [2.45, 2.75) is 38.4 Å². The third-order valence-corrected chi connectivity index (χ3v) is 6.05. The van der Waals surface area contributed by atoms with E-state index in [2.05, 4.69) is 39.8 Å². The van der Waals surface area contributed by atoms with Crippen LogP contribution in [0.15, 0.2) is 42.7 Å². The number of benzene rings is 1. The first kappa shape index (κ1) is 18.2. The molecule has 2 aliphatic rings. The van der Waals surface area contributed by atoms with Crippen LogP contribution >= 0.6 is 0 Å². The Kier molecular flexibility index (Phi) is 5.27. The molecule has 4 rings (SSSR count). The van der Waals surface area contributed by atoms with Crippen molar-refractivity contribution < 1.29 is 4.79 Å². The second-order valence-electron chi connectivity index (χ2n) is 8.13. The zero-order valence-corrected chi connectivity index (χ0v) is 16.0. The zero-order valence-electron chi connectivity index (χ0n) is 16.0. The fourth-order valence-electron chi connectivity index (χ4n) is 4.54. The van der Waals surface area contributed by atoms with E-state index < -0.39 is 0 Å². The summed E-state index contributed by atoms with van der Waals surface area (Å²) in [7, 11) is 2.08. The van der Waals surface area contributed by atoms with Crippen molar-refractivity contribution in [3.63, 3.8) is 0 Å². The third kappa shape index (κ3) is 4.22. The predicted molar refractivity (Wildman–Crippen MR) is 105 cm³/mol. The molecule has 6 nitrogen and oxygen atoms in total. The molecule has 1 spiro atoms. The standard InChI is InChI=1S/C21H29N5O/c1-25-16-21(7-9-22-10-8-21)11-19(25)20(27)23-12-18-13-24-26(15-18)14-17-5-3-2-4-6-17/h2-6,13,15,19,22H,7-12,14,16H2,1H3,(H,23,27)/t19-/m0/s1. The van der Waals surface area contributed by atoms with E-state index in [0.717, 1.165) is 38.2 Å². The van der Waals surface area contributed by atoms with Crippen LogP contribution in [-0.2, 0) is 17.9 Å². The van der Waals surface area contributed by atoms with Gasteiger partial charge in [0.1, 0.15) is 0 Å². The molecule has 0 aliphatic carbocycles. The van der Waals surface area contributed by atoms with E-state index in [1.165, 1.54) is 18.4 Å². The van der Waals surface area contributed by atoms with Gasteiger partial charge in [0, 0.05) is 24.8 Å². The van der Waals surface area contributed by atoms with Crippen molar-refractivity contribution in [3.8, 4) is 0 Å². The monoisotopic (exact) mass is 367 g/mol. The third-order valence-electron chi connectivity index (χ3n) is 6.05. The molecule has 0 bridgehead atoms. The summed E-state index contributed by atoms with van der Waals surface area (Å²) in [6.45, 7) is 4.45. The molecule has 1 aromatic carbocycles. The van der Waals surface area contributed by atoms with Crippen LogP contribution in [0.4, 0.5) is 0 Å². The summed E-state index contributed by atoms with van der Waals surface area (Å²) in [5.74, 6) is 0.142. The highest BCUT2D eigenvalue weighted by atomic mass is 16.2. The highest BCUT2D eigenvalue weighted by Crippen LogP contribution is 2.41. The van der Waals surface area contributed by atoms with Crippen molar-refractivity contribution in [2.24, 2.45) is 5.41 Å². The van der Waals surface area contributed by atoms with E-state index in [-0.39, 0.29) is 11.9 Å². The Balaban J connectivity index is 1.30. The van der Waals surface area contributed by atoms with Gasteiger partial charge in [-0.2, -0.15) is 5.10 Å². The van der Waals surface area contributed by atoms with E-state index in [0.29, 0.717) is 12.0 Å². The number of carbonyl (C=O) groups is 1. The Bertz CT molecular complexity index is 766. The first-order valence-electron chi connectivity index (χ1n) is 9.88. The van der Waals surface area contributed by atoms with Crippen molar-refractivity contribution >= 4 is 5.91 Å². The van der Waals surface area contributed by atoms with Gasteiger partial charge in [-0.25, -0.2) is 0 Å². The minimum absolute atomic E-state index is 0.0116. The van der Waals surface area contributed by atoms with E-state index in [1.54, 1.807) is 0 Å². The van der Waals surface area contributed by atoms with E-state index >= 15 is 0 Å². The molecule has 3 heterocycles. The molecule has 1 aromatic heterocycles. The number of likely N-dealkylation sites (N-methyl/N-ethyl adjacent to an activating group) is 1. The second kappa shape index (κ2) is 7.82. The molecule has 1 atom stereocenters. The summed E-state index contributed by atoms with van der Waals surface area (Å²) in [4.78, 5) is 15.0. The Morgan fingerprint density at radius 2 is 2.04 bits per heavy atom. The van der Waals surface area contributed by atoms with Gasteiger partial charge in [0.2, 0.25) is 5.91 Å². The molecule has 2 saturated heterocycles. The van der Waals surface area contributed by atoms with Crippen molar-refractivity contribution in [1.82, 2.24) is 25.3 Å². The van der Waals surface area contributed by atoms with Gasteiger partial charge in [-0.05, 0) is 50.4 Å². The zero-order chi connectivity index (χ0) is 18.7. The largest absolute Gasteiger partial charge is 0.351 e. The lowest BCUT2D eigenvalue weighted by atomic mass is 9.77. The lowest BCUT2D eigenvalue weighted by molar-refractivity contribution is -0.125. The Morgan fingerprint density at radius 3 is 2.81 bits per heavy atom. The van der Waals surface area contributed by atoms with E-state index in [1.807, 2.05) is 35.3 Å². The second-order valence-corrected chi connectivity index (χ2v) is 8.13. The Labute approximate surface area is 160 Å². The highest BCUT2D eigenvalue weighted by molar-refractivity contribution is 5.82. The maximum absolute atomic E-state index is 12.8. The summed E-state index contributed by atoms with van der Waals surface area (Å²) >= 11 is 0. The van der Waals surface area contributed by atoms with Gasteiger partial charge in [-0.3, -0.25) is 14.4 Å². The minimum atomic E-state index is -0.0116. The van der Waals surface area contributed by atoms with Crippen LogP contribution in [0.25, 0.3) is 0 Å². The first-order chi connectivity index (χ1) is 13.1. The lowest BCUT2D eigenvalue weighted by Gasteiger charge is -2.33. The molecule has 27 heavy (non-hydrogen) atoms. The lowest BCUT2D eigenvalue weighted by Crippen LogP contribution is -2.41. The van der Waals surface area contributed by atoms with Crippen molar-refractivity contribution in [2.75, 3.05) is 26.7 Å². The molecule has 2 aliphatic heterocycles. The van der Waals surface area contributed by atoms with Crippen molar-refractivity contribution in [3.05, 3.63) is 53.9 Å². The van der Waals surface area contributed by atoms with Crippen LogP contribution in [0.3, 0.4) is 0 Å². The summed E-state index contributed by atoms with van der Waals surface area (Å²) in [6, 6.07) is 10.3. The summed E-state index contributed by atoms with van der Waals surface area (Å²) < 4.78 is 1.92. The van der Waals surface area contributed by atoms with Crippen molar-refractivity contribution in [1.29, 1.82) is 0 Å². The molecule has 0 saturated carbocycles. The van der Waals surface area contributed by atoms with Crippen LogP contribution in [0.2, 0.25) is 0 Å². The molecular weight excluding hydrogens is 338 g/mol. The number of rotatable bonds is 5. The summed E-state index contributed by atoms with van der Waals surface area (Å²) in [5.41, 5.74) is 2.58. The van der Waals surface area contributed by atoms with Gasteiger partial charge in [0.25, 0.3) is 0 Å². The Hall–Kier alpha value is -2.18. The molecule has 144 valence electrons. The molecule has 2 aromatic rings. The first-order valence-corrected chi connectivity index (χ1v) is 9.88. The van der Waals surface area contributed by atoms with Crippen LogP contribution < -0.4 is 10.6 Å². The quantitative estimate of drug-likeness (QED) is 0.843. The number of likely N-dealkylation sites (tertiary alicyclic amines) is 1. The average molecular weight is 367 g/mol. The number of amides is 1. The van der Waals surface area contributed by atoms with Gasteiger partial charge < -0.3 is 10.6 Å². The van der Waals surface area contributed by atoms with Crippen LogP contribution in [0.1, 0.15) is 30.4 Å². The van der Waals surface area contributed by atoms with Crippen LogP contribution in [-0.4, -0.2) is 53.3 Å². The van der Waals surface area contributed by atoms with Gasteiger partial charge in [-0.1, -0.05) is 30.3 Å². The molecule has 1 amide bonds. The molecule has 0 unspecified atom stereocenters. The Morgan fingerprint density at radius 1 is 1.26 bits per heavy atom. The number of hydrogen-bond acceptors (Lipinski definition) is 4. The SMILES string of the molecule is CN1CC2(CCNCC2)C[C@H]1C(=O)NCc1cnn(Cc2ccccc2)c1. The predicted octanol–water partition coefficient (Wildman–Crippen LogP) is 1.62. The summed E-state index contributed by atoms with van der Waals surface area (Å²) in [5, 5.41) is 11.0. The fraction of sp³-hybridized carbons (Fsp3) is 0.524. The highest BCUT2D eigenvalue weighted by Gasteiger charge is 2.45. The van der Waals surface area contributed by atoms with Gasteiger partial charge in [0.05, 0.1) is 18.8 Å². The topological polar surface area (TPSA) is 62.2 Å². The van der Waals surface area contributed by atoms with E-state index in [4.69, 9.17) is 0 Å². The van der Waals surface area contributed by atoms with E-state index in [9.17, 15) is 4.79 Å². The number of hydrogen-bond donors (Lipinski definition) is 2. The maximum Gasteiger partial charge on any atom is 0.237 e. The smallest absolute Gasteiger partial charge is 0.237 e. The summed E-state index contributed by atoms with van der Waals surface area (Å²) in [6.07, 6.45) is 7.18. The normalized spacial score (nSPS) is 22.2. The maximum atomic E-state index is 12.8. The number of piperidine rings is 1. The molecule has 6 heteroatoms. The van der Waals surface area contributed by atoms with Gasteiger partial charge in [0.15, 0.2) is 0 Å². The molecule has 0 radical (unpaired) electrons. The number of nitrogens with one attached hydrogen (secondary N) is 2. The fourth-order valence-corrected chi connectivity index (χ4v) is 4.54. The number of carbonyl (C=O) groups excluding carboxylic acids is 1. The molecular formula is C21H29N5O. The molecule has 2 N–H and O–H groups in total. The number of nitrogens with zero attached hydrogens (tertiary/aromatic N) is 3. The minimum Gasteiger partial charge on any atom is -0.351 e. The number of aromatic nitrogens is 2.